The van der Waals surface area contributed by atoms with Crippen LogP contribution in [0.15, 0.2) is 39.2 Å². The molecular weight excluding hydrogens is 551 g/mol. The predicted molar refractivity (Wildman–Crippen MR) is 126 cm³/mol. The number of nitro benzene ring substituents is 1. The Labute approximate surface area is 205 Å². The van der Waals surface area contributed by atoms with Gasteiger partial charge in [0.2, 0.25) is 0 Å². The van der Waals surface area contributed by atoms with E-state index in [2.05, 4.69) is 30.4 Å². The third-order valence-electron chi connectivity index (χ3n) is 4.20. The van der Waals surface area contributed by atoms with Crippen LogP contribution in [0.2, 0.25) is 5.02 Å². The standard InChI is InChI=1S/C20H20BrClF3N3O4S/c1-20(2,3)33(31)26-10-9-13(16-11(21)5-4-6-15(16)32-19(24)25)27-18-14(28(29)30)8-7-12(22)17(18)23/h4-8,10,13,19,27H,9H2,1-3H3/t13-,33-/m1/s1. The Morgan fingerprint density at radius 1 is 1.33 bits per heavy atom. The molecule has 33 heavy (non-hydrogen) atoms. The molecular formula is C20H20BrClF3N3O4S. The molecule has 1 N–H and O–H groups in total. The lowest BCUT2D eigenvalue weighted by Gasteiger charge is -2.23. The summed E-state index contributed by atoms with van der Waals surface area (Å²) in [7, 11) is 0. The van der Waals surface area contributed by atoms with E-state index in [0.29, 0.717) is 4.47 Å². The fourth-order valence-corrected chi connectivity index (χ4v) is 4.00. The van der Waals surface area contributed by atoms with Crippen molar-refractivity contribution in [2.45, 2.75) is 44.6 Å². The summed E-state index contributed by atoms with van der Waals surface area (Å²) >= 11 is 7.45. The Balaban J connectivity index is 2.58. The molecule has 0 saturated heterocycles. The highest BCUT2D eigenvalue weighted by molar-refractivity contribution is 9.10. The Morgan fingerprint density at radius 3 is 2.58 bits per heavy atom. The third-order valence-corrected chi connectivity index (χ3v) is 6.57. The van der Waals surface area contributed by atoms with Crippen LogP contribution in [0, 0.1) is 15.9 Å². The number of benzene rings is 2. The number of hydrogen-bond acceptors (Lipinski definition) is 6. The van der Waals surface area contributed by atoms with Crippen molar-refractivity contribution in [3.63, 3.8) is 0 Å². The van der Waals surface area contributed by atoms with E-state index in [4.69, 9.17) is 11.6 Å². The summed E-state index contributed by atoms with van der Waals surface area (Å²) in [6, 6.07) is 5.26. The first-order valence-electron chi connectivity index (χ1n) is 9.39. The number of nitrogens with zero attached hydrogens (tertiary/aromatic N) is 2. The molecule has 0 heterocycles. The van der Waals surface area contributed by atoms with Gasteiger partial charge < -0.3 is 14.6 Å². The molecule has 0 fully saturated rings. The van der Waals surface area contributed by atoms with E-state index in [1.54, 1.807) is 20.8 Å². The molecule has 0 aromatic heterocycles. The first kappa shape index (κ1) is 27.2. The van der Waals surface area contributed by atoms with Crippen molar-refractivity contribution >= 4 is 56.5 Å². The number of anilines is 1. The van der Waals surface area contributed by atoms with Gasteiger partial charge in [0.25, 0.3) is 5.69 Å². The van der Waals surface area contributed by atoms with Crippen molar-refractivity contribution in [1.82, 2.24) is 0 Å². The molecule has 2 atom stereocenters. The molecule has 180 valence electrons. The summed E-state index contributed by atoms with van der Waals surface area (Å²) in [6.45, 7) is 1.98. The smallest absolute Gasteiger partial charge is 0.387 e. The van der Waals surface area contributed by atoms with Crippen molar-refractivity contribution in [1.29, 1.82) is 0 Å². The number of nitrogens with one attached hydrogen (secondary N) is 1. The van der Waals surface area contributed by atoms with E-state index >= 15 is 0 Å². The molecule has 0 bridgehead atoms. The predicted octanol–water partition coefficient (Wildman–Crippen LogP) is 6.83. The van der Waals surface area contributed by atoms with Crippen LogP contribution < -0.4 is 10.1 Å². The van der Waals surface area contributed by atoms with Crippen molar-refractivity contribution in [3.8, 4) is 5.75 Å². The SMILES string of the molecule is CC(C)(C)[S@@+]([O-])N=CC[C@@H](Nc1c([N+](=O)[O-])ccc(Cl)c1F)c1c(Br)cccc1OC(F)F. The van der Waals surface area contributed by atoms with Crippen molar-refractivity contribution in [2.75, 3.05) is 5.32 Å². The van der Waals surface area contributed by atoms with Crippen LogP contribution in [0.25, 0.3) is 0 Å². The van der Waals surface area contributed by atoms with Gasteiger partial charge in [0.15, 0.2) is 11.5 Å². The number of alkyl halides is 2. The maximum Gasteiger partial charge on any atom is 0.387 e. The lowest BCUT2D eigenvalue weighted by atomic mass is 10.0. The van der Waals surface area contributed by atoms with Crippen LogP contribution in [0.5, 0.6) is 5.75 Å². The van der Waals surface area contributed by atoms with E-state index in [1.165, 1.54) is 24.4 Å². The lowest BCUT2D eigenvalue weighted by Crippen LogP contribution is -2.26. The average molecular weight is 571 g/mol. The number of halogens is 5. The molecule has 0 spiro atoms. The van der Waals surface area contributed by atoms with E-state index in [-0.39, 0.29) is 22.8 Å². The number of ether oxygens (including phenoxy) is 1. The summed E-state index contributed by atoms with van der Waals surface area (Å²) < 4.78 is 61.3. The van der Waals surface area contributed by atoms with Gasteiger partial charge in [0.1, 0.15) is 21.9 Å². The Kier molecular flexibility index (Phi) is 9.41. The molecule has 0 aliphatic heterocycles. The number of hydrogen-bond donors (Lipinski definition) is 1. The summed E-state index contributed by atoms with van der Waals surface area (Å²) in [5, 5.41) is 13.8. The van der Waals surface area contributed by atoms with Crippen molar-refractivity contribution < 1.29 is 27.4 Å². The van der Waals surface area contributed by atoms with E-state index < -0.39 is 50.9 Å². The van der Waals surface area contributed by atoms with Crippen LogP contribution >= 0.6 is 27.5 Å². The Hall–Kier alpha value is -2.02. The second kappa shape index (κ2) is 11.4. The van der Waals surface area contributed by atoms with Crippen LogP contribution in [0.3, 0.4) is 0 Å². The van der Waals surface area contributed by atoms with Crippen molar-refractivity contribution in [2.24, 2.45) is 4.40 Å². The molecule has 0 saturated carbocycles. The van der Waals surface area contributed by atoms with Gasteiger partial charge in [-0.15, -0.1) is 0 Å². The van der Waals surface area contributed by atoms with Crippen LogP contribution in [-0.4, -0.2) is 27.0 Å². The van der Waals surface area contributed by atoms with Crippen LogP contribution in [0.1, 0.15) is 38.8 Å². The molecule has 2 aromatic carbocycles. The number of nitro groups is 1. The van der Waals surface area contributed by atoms with E-state index in [1.807, 2.05) is 0 Å². The maximum atomic E-state index is 14.8. The van der Waals surface area contributed by atoms with Gasteiger partial charge in [-0.25, -0.2) is 4.39 Å². The monoisotopic (exact) mass is 569 g/mol. The molecule has 7 nitrogen and oxygen atoms in total. The molecule has 2 aromatic rings. The van der Waals surface area contributed by atoms with Crippen LogP contribution in [0.4, 0.5) is 24.5 Å². The summed E-state index contributed by atoms with van der Waals surface area (Å²) in [6.07, 6.45) is 1.17. The van der Waals surface area contributed by atoms with Gasteiger partial charge >= 0.3 is 6.61 Å². The van der Waals surface area contributed by atoms with Gasteiger partial charge in [0.05, 0.1) is 22.2 Å². The quantitative estimate of drug-likeness (QED) is 0.154. The summed E-state index contributed by atoms with van der Waals surface area (Å²) in [4.78, 5) is 10.6. The Bertz CT molecular complexity index is 1040. The second-order valence-corrected chi connectivity index (χ2v) is 10.8. The van der Waals surface area contributed by atoms with E-state index in [0.717, 1.165) is 12.1 Å². The molecule has 13 heteroatoms. The summed E-state index contributed by atoms with van der Waals surface area (Å²) in [5.41, 5.74) is -1.03. The molecule has 0 radical (unpaired) electrons. The highest BCUT2D eigenvalue weighted by Gasteiger charge is 2.29. The maximum absolute atomic E-state index is 14.8. The third kappa shape index (κ3) is 7.23. The normalized spacial score (nSPS) is 13.9. The molecule has 0 unspecified atom stereocenters. The minimum absolute atomic E-state index is 0.104. The lowest BCUT2D eigenvalue weighted by molar-refractivity contribution is -0.384. The first-order valence-corrected chi connectivity index (χ1v) is 11.7. The second-order valence-electron chi connectivity index (χ2n) is 7.62. The Morgan fingerprint density at radius 2 is 2.00 bits per heavy atom. The minimum atomic E-state index is -3.15. The average Bonchev–Trinajstić information content (AvgIpc) is 2.69. The zero-order valence-electron chi connectivity index (χ0n) is 17.7. The first-order chi connectivity index (χ1) is 15.3. The fraction of sp³-hybridized carbons (Fsp3) is 0.350. The van der Waals surface area contributed by atoms with Gasteiger partial charge in [-0.2, -0.15) is 8.78 Å². The van der Waals surface area contributed by atoms with Gasteiger partial charge in [-0.1, -0.05) is 38.0 Å². The largest absolute Gasteiger partial charge is 0.591 e. The van der Waals surface area contributed by atoms with Crippen LogP contribution in [-0.2, 0) is 11.4 Å². The molecule has 2 rings (SSSR count). The zero-order chi connectivity index (χ0) is 24.9. The van der Waals surface area contributed by atoms with Gasteiger partial charge in [-0.05, 0) is 39.0 Å². The minimum Gasteiger partial charge on any atom is -0.591 e. The molecule has 0 aliphatic carbocycles. The molecule has 0 aliphatic rings. The zero-order valence-corrected chi connectivity index (χ0v) is 20.8. The number of rotatable bonds is 9. The van der Waals surface area contributed by atoms with Crippen molar-refractivity contribution in [3.05, 3.63) is 61.3 Å². The molecule has 0 amide bonds. The topological polar surface area (TPSA) is 99.8 Å². The highest BCUT2D eigenvalue weighted by Crippen LogP contribution is 2.40. The highest BCUT2D eigenvalue weighted by atomic mass is 79.9. The van der Waals surface area contributed by atoms with E-state index in [9.17, 15) is 27.8 Å². The van der Waals surface area contributed by atoms with Gasteiger partial charge in [0, 0.05) is 22.5 Å². The fourth-order valence-electron chi connectivity index (χ4n) is 2.68. The van der Waals surface area contributed by atoms with Gasteiger partial charge in [-0.3, -0.25) is 10.1 Å². The summed E-state index contributed by atoms with van der Waals surface area (Å²) in [5.74, 6) is -1.33.